The number of carbonyl (C=O) groups excluding carboxylic acids is 2. The summed E-state index contributed by atoms with van der Waals surface area (Å²) in [6, 6.07) is -0.875. The summed E-state index contributed by atoms with van der Waals surface area (Å²) in [7, 11) is 0. The van der Waals surface area contributed by atoms with Gasteiger partial charge in [0.25, 0.3) is 0 Å². The average molecular weight is 771 g/mol. The first-order chi connectivity index (χ1) is 26.9. The van der Waals surface area contributed by atoms with E-state index in [1.54, 1.807) is 0 Å². The fourth-order valence-electron chi connectivity index (χ4n) is 6.59. The molecule has 7 heteroatoms. The number of rotatable bonds is 41. The summed E-state index contributed by atoms with van der Waals surface area (Å²) in [5, 5.41) is 11.9. The van der Waals surface area contributed by atoms with Crippen LogP contribution in [0, 0.1) is 0 Å². The fourth-order valence-corrected chi connectivity index (χ4v) is 6.59. The molecule has 0 aliphatic carbocycles. The molecule has 0 aromatic rings. The first-order valence-electron chi connectivity index (χ1n) is 23.0. The van der Waals surface area contributed by atoms with Gasteiger partial charge in [-0.2, -0.15) is 0 Å². The Kier molecular flexibility index (Phi) is 40.4. The number of ether oxygens (including phenoxy) is 1. The highest BCUT2D eigenvalue weighted by atomic mass is 16.5. The molecule has 318 valence electrons. The molecule has 0 saturated carbocycles. The Labute approximate surface area is 338 Å². The number of aliphatic carboxylic acids is 1. The van der Waals surface area contributed by atoms with Crippen LogP contribution in [-0.2, 0) is 19.1 Å². The lowest BCUT2D eigenvalue weighted by atomic mass is 10.0. The second-order valence-electron chi connectivity index (χ2n) is 15.5. The summed E-state index contributed by atoms with van der Waals surface area (Å²) in [6.07, 6.45) is 51.9. The van der Waals surface area contributed by atoms with Gasteiger partial charge in [0.05, 0.1) is 0 Å². The van der Waals surface area contributed by atoms with Crippen LogP contribution in [0.5, 0.6) is 0 Å². The third-order valence-electron chi connectivity index (χ3n) is 10.1. The Bertz CT molecular complexity index is 1000. The van der Waals surface area contributed by atoms with Crippen molar-refractivity contribution in [3.05, 3.63) is 48.6 Å². The van der Waals surface area contributed by atoms with Crippen LogP contribution in [-0.4, -0.2) is 41.6 Å². The number of nitrogens with one attached hydrogen (secondary N) is 1. The Hall–Kier alpha value is -2.67. The lowest BCUT2D eigenvalue weighted by molar-refractivity contribution is -0.147. The molecule has 0 saturated heterocycles. The highest BCUT2D eigenvalue weighted by molar-refractivity contribution is 5.83. The van der Waals surface area contributed by atoms with E-state index in [4.69, 9.17) is 10.5 Å². The van der Waals surface area contributed by atoms with Crippen LogP contribution in [0.3, 0.4) is 0 Å². The SMILES string of the molecule is CCCC/C=C\C/C=C\C(CCCCCCC(=O)NC(CCCN)C(=O)O)OC(=O)CCCCCCCCCCCCC/C=C\C/C=C\CCCCCCC. The number of allylic oxidation sites excluding steroid dienone is 7. The molecule has 4 N–H and O–H groups in total. The third kappa shape index (κ3) is 39.4. The molecular formula is C48H86N2O5. The molecule has 55 heavy (non-hydrogen) atoms. The molecule has 0 bridgehead atoms. The zero-order valence-electron chi connectivity index (χ0n) is 35.8. The molecule has 2 unspecified atom stereocenters. The van der Waals surface area contributed by atoms with Crippen molar-refractivity contribution in [2.45, 2.75) is 231 Å². The molecule has 0 aromatic heterocycles. The summed E-state index contributed by atoms with van der Waals surface area (Å²) < 4.78 is 5.90. The zero-order chi connectivity index (χ0) is 40.3. The fraction of sp³-hybridized carbons (Fsp3) is 0.771. The number of hydrogen-bond donors (Lipinski definition) is 3. The molecule has 0 rings (SSSR count). The van der Waals surface area contributed by atoms with Gasteiger partial charge in [0.15, 0.2) is 0 Å². The van der Waals surface area contributed by atoms with Gasteiger partial charge < -0.3 is 20.9 Å². The van der Waals surface area contributed by atoms with Gasteiger partial charge in [0.2, 0.25) is 5.91 Å². The molecule has 1 amide bonds. The third-order valence-corrected chi connectivity index (χ3v) is 10.1. The van der Waals surface area contributed by atoms with Crippen LogP contribution in [0.4, 0.5) is 0 Å². The summed E-state index contributed by atoms with van der Waals surface area (Å²) in [5.41, 5.74) is 5.48. The molecule has 2 atom stereocenters. The van der Waals surface area contributed by atoms with E-state index in [1.165, 1.54) is 116 Å². The van der Waals surface area contributed by atoms with Crippen LogP contribution < -0.4 is 11.1 Å². The number of carboxylic acids is 1. The lowest BCUT2D eigenvalue weighted by Gasteiger charge is -2.15. The van der Waals surface area contributed by atoms with Crippen molar-refractivity contribution < 1.29 is 24.2 Å². The molecule has 0 heterocycles. The van der Waals surface area contributed by atoms with Gasteiger partial charge in [0, 0.05) is 12.8 Å². The predicted octanol–water partition coefficient (Wildman–Crippen LogP) is 13.2. The molecule has 7 nitrogen and oxygen atoms in total. The van der Waals surface area contributed by atoms with Crippen LogP contribution >= 0.6 is 0 Å². The van der Waals surface area contributed by atoms with Gasteiger partial charge in [-0.25, -0.2) is 4.79 Å². The van der Waals surface area contributed by atoms with E-state index in [0.717, 1.165) is 57.8 Å². The minimum absolute atomic E-state index is 0.108. The number of nitrogens with two attached hydrogens (primary N) is 1. The minimum Gasteiger partial charge on any atom is -0.480 e. The molecule has 0 fully saturated rings. The molecule has 0 aromatic carbocycles. The van der Waals surface area contributed by atoms with Crippen LogP contribution in [0.1, 0.15) is 219 Å². The van der Waals surface area contributed by atoms with Crippen molar-refractivity contribution in [1.82, 2.24) is 5.32 Å². The van der Waals surface area contributed by atoms with Crippen LogP contribution in [0.15, 0.2) is 48.6 Å². The van der Waals surface area contributed by atoms with Gasteiger partial charge in [-0.05, 0) is 96.1 Å². The van der Waals surface area contributed by atoms with Crippen molar-refractivity contribution in [2.24, 2.45) is 5.73 Å². The standard InChI is InChI=1S/C48H86N2O5/c1-3-5-7-9-11-12-13-14-15-16-17-18-19-20-21-22-23-24-25-26-28-30-36-42-47(52)55-44(38-33-29-27-10-8-6-4-2)39-34-31-32-35-41-46(51)50-45(48(53)54)40-37-43-49/h10,13-14,16-17,27,33,38,44-45H,3-9,11-12,15,18-26,28-32,34-37,39-43,49H2,1-2H3,(H,50,51)(H,53,54)/b14-13-,17-16-,27-10-,38-33-. The second kappa shape index (κ2) is 42.5. The quantitative estimate of drug-likeness (QED) is 0.0324. The van der Waals surface area contributed by atoms with Gasteiger partial charge in [0.1, 0.15) is 12.1 Å². The van der Waals surface area contributed by atoms with Gasteiger partial charge in [-0.15, -0.1) is 0 Å². The molecular weight excluding hydrogens is 685 g/mol. The Morgan fingerprint density at radius 2 is 1.02 bits per heavy atom. The number of esters is 1. The van der Waals surface area contributed by atoms with E-state index in [9.17, 15) is 19.5 Å². The van der Waals surface area contributed by atoms with E-state index >= 15 is 0 Å². The second-order valence-corrected chi connectivity index (χ2v) is 15.5. The van der Waals surface area contributed by atoms with E-state index in [1.807, 2.05) is 6.08 Å². The van der Waals surface area contributed by atoms with Gasteiger partial charge >= 0.3 is 11.9 Å². The number of unbranched alkanes of at least 4 members (excludes halogenated alkanes) is 21. The maximum Gasteiger partial charge on any atom is 0.326 e. The smallest absolute Gasteiger partial charge is 0.326 e. The van der Waals surface area contributed by atoms with E-state index in [2.05, 4.69) is 61.7 Å². The zero-order valence-corrected chi connectivity index (χ0v) is 35.8. The summed E-state index contributed by atoms with van der Waals surface area (Å²) >= 11 is 0. The average Bonchev–Trinajstić information content (AvgIpc) is 3.17. The highest BCUT2D eigenvalue weighted by Gasteiger charge is 2.19. The monoisotopic (exact) mass is 771 g/mol. The molecule has 0 radical (unpaired) electrons. The van der Waals surface area contributed by atoms with Crippen molar-refractivity contribution in [3.8, 4) is 0 Å². The maximum absolute atomic E-state index is 12.7. The first-order valence-corrected chi connectivity index (χ1v) is 23.0. The summed E-state index contributed by atoms with van der Waals surface area (Å²) in [5.74, 6) is -1.35. The lowest BCUT2D eigenvalue weighted by Crippen LogP contribution is -2.40. The minimum atomic E-state index is -1.02. The maximum atomic E-state index is 12.7. The Morgan fingerprint density at radius 3 is 1.56 bits per heavy atom. The summed E-state index contributed by atoms with van der Waals surface area (Å²) in [6.45, 7) is 4.87. The van der Waals surface area contributed by atoms with Gasteiger partial charge in [-0.1, -0.05) is 166 Å². The van der Waals surface area contributed by atoms with E-state index in [0.29, 0.717) is 38.6 Å². The normalized spacial score (nSPS) is 13.1. The molecule has 0 spiro atoms. The molecule has 0 aliphatic heterocycles. The first kappa shape index (κ1) is 52.3. The Morgan fingerprint density at radius 1 is 0.545 bits per heavy atom. The van der Waals surface area contributed by atoms with Crippen LogP contribution in [0.2, 0.25) is 0 Å². The van der Waals surface area contributed by atoms with Crippen LogP contribution in [0.25, 0.3) is 0 Å². The van der Waals surface area contributed by atoms with Crippen molar-refractivity contribution in [3.63, 3.8) is 0 Å². The topological polar surface area (TPSA) is 119 Å². The number of amides is 1. The number of carbonyl (C=O) groups is 3. The highest BCUT2D eigenvalue weighted by Crippen LogP contribution is 2.16. The van der Waals surface area contributed by atoms with E-state index in [-0.39, 0.29) is 18.0 Å². The van der Waals surface area contributed by atoms with E-state index < -0.39 is 12.0 Å². The number of hydrogen-bond acceptors (Lipinski definition) is 5. The number of carboxylic acid groups (broad SMARTS) is 1. The summed E-state index contributed by atoms with van der Waals surface area (Å²) in [4.78, 5) is 36.3. The van der Waals surface area contributed by atoms with Crippen molar-refractivity contribution in [1.29, 1.82) is 0 Å². The largest absolute Gasteiger partial charge is 0.480 e. The van der Waals surface area contributed by atoms with Crippen molar-refractivity contribution >= 4 is 17.8 Å². The predicted molar refractivity (Wildman–Crippen MR) is 234 cm³/mol. The van der Waals surface area contributed by atoms with Crippen molar-refractivity contribution in [2.75, 3.05) is 6.54 Å². The van der Waals surface area contributed by atoms with Gasteiger partial charge in [-0.3, -0.25) is 9.59 Å². The molecule has 0 aliphatic rings. The Balaban J connectivity index is 4.09.